The summed E-state index contributed by atoms with van der Waals surface area (Å²) in [7, 11) is 0.902. The molecule has 3 atom stereocenters. The van der Waals surface area contributed by atoms with Crippen molar-refractivity contribution in [2.45, 2.75) is 90.0 Å². The molecule has 0 aliphatic carbocycles. The predicted octanol–water partition coefficient (Wildman–Crippen LogP) is 8.96. The van der Waals surface area contributed by atoms with Gasteiger partial charge in [-0.25, -0.2) is 9.46 Å². The molecule has 2 unspecified atom stereocenters. The first-order valence-corrected chi connectivity index (χ1v) is 22.4. The van der Waals surface area contributed by atoms with Crippen molar-refractivity contribution in [1.82, 2.24) is 14.2 Å². The molecule has 372 valence electrons. The van der Waals surface area contributed by atoms with Crippen LogP contribution in [0.15, 0.2) is 95.9 Å². The SMILES string of the molecule is COc1ccc(C(OC[C@@H](OCn2ccc(NC(C)=O)nc2=O)C(COCOCC(C(F)(F)F)C(F)(F)F)OP(OCCC#N)N(C(C)C)C(C)C)(c2ccccc2)c2ccc(OC)cc2)cc1. The summed E-state index contributed by atoms with van der Waals surface area (Å²) < 4.78 is 131. The lowest BCUT2D eigenvalue weighted by molar-refractivity contribution is -0.298. The van der Waals surface area contributed by atoms with Gasteiger partial charge in [0.05, 0.1) is 53.1 Å². The Bertz CT molecular complexity index is 2180. The number of alkyl halides is 6. The van der Waals surface area contributed by atoms with Gasteiger partial charge in [0.25, 0.3) is 8.53 Å². The third-order valence-corrected chi connectivity index (χ3v) is 12.2. The van der Waals surface area contributed by atoms with Crippen LogP contribution in [0.4, 0.5) is 32.2 Å². The van der Waals surface area contributed by atoms with Crippen LogP contribution >= 0.6 is 8.53 Å². The topological polar surface area (TPSA) is 165 Å². The van der Waals surface area contributed by atoms with E-state index in [4.69, 9.17) is 37.5 Å². The highest BCUT2D eigenvalue weighted by molar-refractivity contribution is 7.44. The van der Waals surface area contributed by atoms with Gasteiger partial charge in [0, 0.05) is 25.2 Å². The minimum Gasteiger partial charge on any atom is -0.497 e. The number of nitrogens with zero attached hydrogens (tertiary/aromatic N) is 4. The smallest absolute Gasteiger partial charge is 0.402 e. The standard InChI is InChI=1S/C46H56F6N5O10P/c1-31(2)57(32(3)4)68(66-25-11-23-53)67-40(26-62-30-63-28-41(45(47,48)49)46(50,51)52)39(64-29-56-24-22-42(54-33(5)58)55-43(56)59)27-65-44(34-12-9-8-10-13-34,35-14-18-37(60-6)19-15-35)36-16-20-38(61-7)21-17-36/h8-10,12-22,24,31-32,39-41H,11,25-30H2,1-7H3,(H,54,55,58,59)/t39-,40?,68?/m1/s1. The normalized spacial score (nSPS) is 13.7. The van der Waals surface area contributed by atoms with Crippen LogP contribution in [0.5, 0.6) is 11.5 Å². The van der Waals surface area contributed by atoms with Crippen molar-refractivity contribution in [3.05, 3.63) is 118 Å². The number of nitrogens with one attached hydrogen (secondary N) is 1. The number of hydrogen-bond acceptors (Lipinski definition) is 13. The second-order valence-electron chi connectivity index (χ2n) is 15.6. The van der Waals surface area contributed by atoms with Gasteiger partial charge in [-0.15, -0.1) is 0 Å². The highest BCUT2D eigenvalue weighted by Crippen LogP contribution is 2.48. The molecule has 0 saturated heterocycles. The molecule has 1 N–H and O–H groups in total. The van der Waals surface area contributed by atoms with E-state index in [1.807, 2.05) is 93.0 Å². The van der Waals surface area contributed by atoms with Gasteiger partial charge in [-0.2, -0.15) is 36.6 Å². The number of aromatic nitrogens is 2. The van der Waals surface area contributed by atoms with E-state index < -0.39 is 89.5 Å². The van der Waals surface area contributed by atoms with E-state index >= 15 is 0 Å². The minimum atomic E-state index is -5.65. The maximum absolute atomic E-state index is 13.4. The summed E-state index contributed by atoms with van der Waals surface area (Å²) in [6.07, 6.45) is -12.7. The molecule has 1 heterocycles. The van der Waals surface area contributed by atoms with Crippen molar-refractivity contribution in [2.75, 3.05) is 52.8 Å². The highest BCUT2D eigenvalue weighted by atomic mass is 31.2. The van der Waals surface area contributed by atoms with Gasteiger partial charge in [-0.1, -0.05) is 54.6 Å². The molecule has 0 aliphatic heterocycles. The summed E-state index contributed by atoms with van der Waals surface area (Å²) in [6.45, 7) is 4.31. The minimum absolute atomic E-state index is 0.0271. The molecule has 1 aromatic heterocycles. The van der Waals surface area contributed by atoms with Gasteiger partial charge in [0.1, 0.15) is 48.6 Å². The number of nitriles is 1. The number of ether oxygens (including phenoxy) is 6. The summed E-state index contributed by atoms with van der Waals surface area (Å²) in [5.74, 6) is -3.19. The van der Waals surface area contributed by atoms with E-state index in [0.717, 1.165) is 4.57 Å². The molecule has 22 heteroatoms. The maximum Gasteiger partial charge on any atom is 0.402 e. The van der Waals surface area contributed by atoms with E-state index in [0.29, 0.717) is 28.2 Å². The van der Waals surface area contributed by atoms with Gasteiger partial charge in [-0.05, 0) is 74.7 Å². The van der Waals surface area contributed by atoms with E-state index in [-0.39, 0.29) is 30.9 Å². The fourth-order valence-corrected chi connectivity index (χ4v) is 8.61. The van der Waals surface area contributed by atoms with E-state index in [9.17, 15) is 41.2 Å². The van der Waals surface area contributed by atoms with Gasteiger partial charge in [0.15, 0.2) is 5.92 Å². The summed E-state index contributed by atoms with van der Waals surface area (Å²) in [5, 5.41) is 11.8. The molecule has 0 saturated carbocycles. The average molecular weight is 984 g/mol. The lowest BCUT2D eigenvalue weighted by atomic mass is 9.80. The first-order chi connectivity index (χ1) is 32.2. The Hall–Kier alpha value is -5.17. The third-order valence-electron chi connectivity index (χ3n) is 10.1. The average Bonchev–Trinajstić information content (AvgIpc) is 3.28. The number of benzene rings is 3. The summed E-state index contributed by atoms with van der Waals surface area (Å²) in [4.78, 5) is 28.9. The van der Waals surface area contributed by atoms with Crippen LogP contribution in [0.25, 0.3) is 0 Å². The Kier molecular flexibility index (Phi) is 21.2. The van der Waals surface area contributed by atoms with Crippen molar-refractivity contribution in [1.29, 1.82) is 5.26 Å². The number of rotatable bonds is 27. The Morgan fingerprint density at radius 2 is 1.34 bits per heavy atom. The fraction of sp³-hybridized carbons (Fsp3) is 0.478. The van der Waals surface area contributed by atoms with E-state index in [2.05, 4.69) is 10.3 Å². The maximum atomic E-state index is 13.4. The molecule has 3 aromatic carbocycles. The Morgan fingerprint density at radius 1 is 0.794 bits per heavy atom. The van der Waals surface area contributed by atoms with E-state index in [1.165, 1.54) is 33.4 Å². The molecule has 15 nitrogen and oxygen atoms in total. The lowest BCUT2D eigenvalue weighted by Gasteiger charge is -2.40. The number of methoxy groups -OCH3 is 2. The second-order valence-corrected chi connectivity index (χ2v) is 17.0. The largest absolute Gasteiger partial charge is 0.497 e. The third kappa shape index (κ3) is 15.7. The first-order valence-electron chi connectivity index (χ1n) is 21.2. The zero-order valence-corrected chi connectivity index (χ0v) is 39.5. The van der Waals surface area contributed by atoms with Crippen molar-refractivity contribution < 1.29 is 68.6 Å². The Morgan fingerprint density at radius 3 is 1.82 bits per heavy atom. The van der Waals surface area contributed by atoms with Crippen LogP contribution in [0.2, 0.25) is 0 Å². The predicted molar refractivity (Wildman–Crippen MR) is 238 cm³/mol. The highest BCUT2D eigenvalue weighted by Gasteiger charge is 2.56. The summed E-state index contributed by atoms with van der Waals surface area (Å²) >= 11 is 0. The molecule has 0 spiro atoms. The number of amides is 1. The molecule has 4 aromatic rings. The zero-order valence-electron chi connectivity index (χ0n) is 38.6. The molecule has 0 radical (unpaired) electrons. The van der Waals surface area contributed by atoms with Crippen LogP contribution in [-0.4, -0.2) is 104 Å². The Labute approximate surface area is 392 Å². The summed E-state index contributed by atoms with van der Waals surface area (Å²) in [6, 6.07) is 26.3. The molecule has 0 aliphatic rings. The fourth-order valence-electron chi connectivity index (χ4n) is 6.88. The van der Waals surface area contributed by atoms with Crippen molar-refractivity contribution in [2.24, 2.45) is 5.92 Å². The number of halogens is 6. The molecular formula is C46H56F6N5O10P. The zero-order chi connectivity index (χ0) is 50.1. The van der Waals surface area contributed by atoms with Crippen LogP contribution < -0.4 is 20.5 Å². The second kappa shape index (κ2) is 26.0. The van der Waals surface area contributed by atoms with Crippen molar-refractivity contribution >= 4 is 20.3 Å². The molecular weight excluding hydrogens is 927 g/mol. The van der Waals surface area contributed by atoms with Crippen LogP contribution in [0.3, 0.4) is 0 Å². The number of carbonyl (C=O) groups is 1. The molecule has 0 fully saturated rings. The van der Waals surface area contributed by atoms with Crippen LogP contribution in [0.1, 0.15) is 57.7 Å². The number of hydrogen-bond donors (Lipinski definition) is 1. The van der Waals surface area contributed by atoms with Crippen LogP contribution in [-0.2, 0) is 45.1 Å². The monoisotopic (exact) mass is 983 g/mol. The quantitative estimate of drug-likeness (QED) is 0.0198. The van der Waals surface area contributed by atoms with Crippen molar-refractivity contribution in [3.63, 3.8) is 0 Å². The van der Waals surface area contributed by atoms with Gasteiger partial charge >= 0.3 is 18.0 Å². The molecule has 4 rings (SSSR count). The van der Waals surface area contributed by atoms with Gasteiger partial charge in [-0.3, -0.25) is 9.36 Å². The van der Waals surface area contributed by atoms with Gasteiger partial charge in [0.2, 0.25) is 5.91 Å². The van der Waals surface area contributed by atoms with Crippen LogP contribution in [0, 0.1) is 17.2 Å². The van der Waals surface area contributed by atoms with E-state index in [1.54, 1.807) is 24.3 Å². The first kappa shape index (κ1) is 55.4. The number of anilines is 1. The number of carbonyl (C=O) groups excluding carboxylic acids is 1. The van der Waals surface area contributed by atoms with Crippen molar-refractivity contribution in [3.8, 4) is 17.6 Å². The lowest BCUT2D eigenvalue weighted by Crippen LogP contribution is -2.45. The molecule has 68 heavy (non-hydrogen) atoms. The van der Waals surface area contributed by atoms with Gasteiger partial charge < -0.3 is 42.8 Å². The molecule has 0 bridgehead atoms. The Balaban J connectivity index is 1.90. The summed E-state index contributed by atoms with van der Waals surface area (Å²) in [5.41, 5.74) is -0.427. The molecule has 1 amide bonds.